The van der Waals surface area contributed by atoms with Crippen molar-refractivity contribution in [2.75, 3.05) is 11.1 Å². The second kappa shape index (κ2) is 14.9. The van der Waals surface area contributed by atoms with E-state index in [0.29, 0.717) is 11.6 Å². The van der Waals surface area contributed by atoms with Crippen LogP contribution in [0.15, 0.2) is 108 Å². The van der Waals surface area contributed by atoms with Gasteiger partial charge in [-0.25, -0.2) is 29.9 Å². The number of rotatable bonds is 7. The van der Waals surface area contributed by atoms with E-state index in [4.69, 9.17) is 15.7 Å². The minimum absolute atomic E-state index is 0.124. The molecule has 0 bridgehead atoms. The SMILES string of the molecule is CC(C)(C)C(=O)Nc1nccc(/C=C/c2c(-c3ccccc3)nc3sccn23)n1.Nc1nccc(/C=C/c2c(-c3ccccc3)nc3sccn23)n1. The van der Waals surface area contributed by atoms with Crippen molar-refractivity contribution in [3.8, 4) is 22.5 Å². The molecular formula is C39H34N10OS2. The van der Waals surface area contributed by atoms with Gasteiger partial charge in [-0.3, -0.25) is 18.9 Å². The molecule has 0 aliphatic carbocycles. The molecule has 1 amide bonds. The second-order valence-electron chi connectivity index (χ2n) is 12.6. The maximum Gasteiger partial charge on any atom is 0.232 e. The van der Waals surface area contributed by atoms with Crippen molar-refractivity contribution in [3.05, 3.63) is 131 Å². The minimum Gasteiger partial charge on any atom is -0.368 e. The van der Waals surface area contributed by atoms with Crippen molar-refractivity contribution in [3.63, 3.8) is 0 Å². The molecule has 0 fully saturated rings. The number of nitrogen functional groups attached to an aromatic ring is 1. The molecule has 2 aromatic carbocycles. The summed E-state index contributed by atoms with van der Waals surface area (Å²) in [5, 5.41) is 6.81. The number of benzene rings is 2. The zero-order chi connectivity index (χ0) is 36.1. The molecule has 258 valence electrons. The zero-order valence-electron chi connectivity index (χ0n) is 28.6. The zero-order valence-corrected chi connectivity index (χ0v) is 30.2. The summed E-state index contributed by atoms with van der Waals surface area (Å²) in [5.74, 6) is 0.439. The van der Waals surface area contributed by atoms with Crippen LogP contribution in [0.1, 0.15) is 43.5 Å². The van der Waals surface area contributed by atoms with E-state index in [0.717, 1.165) is 49.5 Å². The molecule has 3 N–H and O–H groups in total. The standard InChI is InChI=1S/C22H21N5OS.C17H13N5S/c1-22(2,3)19(28)26-20-23-12-11-16(24-20)9-10-17-18(15-7-5-4-6-8-15)25-21-27(17)13-14-29-21;18-16-19-9-8-13(20-16)6-7-14-15(12-4-2-1-3-5-12)21-17-22(14)10-11-23-17/h4-14H,1-3H3,(H,23,24,26,28);1-11H,(H2,18,19,20)/b10-9+;7-6+. The number of imidazole rings is 2. The normalized spacial score (nSPS) is 11.8. The Labute approximate surface area is 308 Å². The Morgan fingerprint density at radius 3 is 1.67 bits per heavy atom. The van der Waals surface area contributed by atoms with E-state index in [1.165, 1.54) is 0 Å². The fraction of sp³-hybridized carbons (Fsp3) is 0.103. The Hall–Kier alpha value is -6.31. The van der Waals surface area contributed by atoms with Crippen molar-refractivity contribution in [1.29, 1.82) is 0 Å². The molecule has 0 unspecified atom stereocenters. The Morgan fingerprint density at radius 1 is 0.673 bits per heavy atom. The van der Waals surface area contributed by atoms with E-state index in [1.54, 1.807) is 41.1 Å². The van der Waals surface area contributed by atoms with E-state index in [-0.39, 0.29) is 11.9 Å². The predicted molar refractivity (Wildman–Crippen MR) is 211 cm³/mol. The van der Waals surface area contributed by atoms with Crippen LogP contribution in [0.2, 0.25) is 0 Å². The number of hydrogen-bond donors (Lipinski definition) is 2. The van der Waals surface area contributed by atoms with Gasteiger partial charge in [0.05, 0.1) is 34.2 Å². The third kappa shape index (κ3) is 7.70. The van der Waals surface area contributed by atoms with E-state index in [2.05, 4.69) is 58.3 Å². The number of carbonyl (C=O) groups excluding carboxylic acids is 1. The van der Waals surface area contributed by atoms with Crippen molar-refractivity contribution in [1.82, 2.24) is 38.7 Å². The predicted octanol–water partition coefficient (Wildman–Crippen LogP) is 8.61. The van der Waals surface area contributed by atoms with Gasteiger partial charge in [0, 0.05) is 52.1 Å². The van der Waals surface area contributed by atoms with Gasteiger partial charge in [-0.2, -0.15) is 0 Å². The summed E-state index contributed by atoms with van der Waals surface area (Å²) in [7, 11) is 0. The molecule has 0 atom stereocenters. The molecule has 13 heteroatoms. The molecule has 0 aliphatic rings. The highest BCUT2D eigenvalue weighted by molar-refractivity contribution is 7.15. The lowest BCUT2D eigenvalue weighted by atomic mass is 9.96. The van der Waals surface area contributed by atoms with Crippen LogP contribution < -0.4 is 11.1 Å². The van der Waals surface area contributed by atoms with Crippen molar-refractivity contribution in [2.24, 2.45) is 5.41 Å². The summed E-state index contributed by atoms with van der Waals surface area (Å²) >= 11 is 3.21. The van der Waals surface area contributed by atoms with Crippen LogP contribution in [-0.4, -0.2) is 44.6 Å². The molecule has 0 saturated carbocycles. The highest BCUT2D eigenvalue weighted by Crippen LogP contribution is 2.29. The average Bonchev–Trinajstić information content (AvgIpc) is 3.94. The average molecular weight is 723 g/mol. The lowest BCUT2D eigenvalue weighted by Crippen LogP contribution is -2.28. The van der Waals surface area contributed by atoms with Gasteiger partial charge in [-0.05, 0) is 36.4 Å². The maximum absolute atomic E-state index is 12.2. The number of nitrogens with zero attached hydrogens (tertiary/aromatic N) is 8. The number of amides is 1. The van der Waals surface area contributed by atoms with Crippen LogP contribution in [0, 0.1) is 5.41 Å². The number of anilines is 2. The minimum atomic E-state index is -0.512. The fourth-order valence-electron chi connectivity index (χ4n) is 5.17. The molecule has 0 aliphatic heterocycles. The first-order chi connectivity index (χ1) is 25.2. The molecule has 0 radical (unpaired) electrons. The molecule has 0 saturated heterocycles. The largest absolute Gasteiger partial charge is 0.368 e. The first-order valence-electron chi connectivity index (χ1n) is 16.3. The van der Waals surface area contributed by atoms with Crippen LogP contribution >= 0.6 is 22.7 Å². The molecule has 8 aromatic rings. The number of nitrogens with two attached hydrogens (primary N) is 1. The molecule has 6 heterocycles. The monoisotopic (exact) mass is 722 g/mol. The van der Waals surface area contributed by atoms with Crippen LogP contribution in [0.25, 0.3) is 56.7 Å². The first kappa shape index (κ1) is 34.2. The number of carbonyl (C=O) groups is 1. The maximum atomic E-state index is 12.2. The number of fused-ring (bicyclic) bond motifs is 2. The smallest absolute Gasteiger partial charge is 0.232 e. The molecular weight excluding hydrogens is 689 g/mol. The molecule has 52 heavy (non-hydrogen) atoms. The van der Waals surface area contributed by atoms with Crippen LogP contribution in [0.5, 0.6) is 0 Å². The fourth-order valence-corrected chi connectivity index (χ4v) is 6.61. The van der Waals surface area contributed by atoms with Crippen molar-refractivity contribution in [2.45, 2.75) is 20.8 Å². The lowest BCUT2D eigenvalue weighted by Gasteiger charge is -2.16. The Bertz CT molecular complexity index is 2520. The molecule has 0 spiro atoms. The Morgan fingerprint density at radius 2 is 1.17 bits per heavy atom. The van der Waals surface area contributed by atoms with Gasteiger partial charge in [-0.1, -0.05) is 81.4 Å². The number of nitrogens with one attached hydrogen (secondary N) is 1. The van der Waals surface area contributed by atoms with Gasteiger partial charge < -0.3 is 5.73 Å². The highest BCUT2D eigenvalue weighted by atomic mass is 32.1. The lowest BCUT2D eigenvalue weighted by molar-refractivity contribution is -0.123. The number of thiazole rings is 2. The third-order valence-corrected chi connectivity index (χ3v) is 9.31. The molecule has 6 aromatic heterocycles. The summed E-state index contributed by atoms with van der Waals surface area (Å²) in [5.41, 5.74) is 12.6. The number of aromatic nitrogens is 8. The number of hydrogen-bond acceptors (Lipinski definition) is 10. The van der Waals surface area contributed by atoms with Gasteiger partial charge in [-0.15, -0.1) is 22.7 Å². The van der Waals surface area contributed by atoms with Crippen LogP contribution in [0.4, 0.5) is 11.9 Å². The summed E-state index contributed by atoms with van der Waals surface area (Å²) < 4.78 is 4.14. The van der Waals surface area contributed by atoms with Gasteiger partial charge >= 0.3 is 0 Å². The van der Waals surface area contributed by atoms with Gasteiger partial charge in [0.2, 0.25) is 17.8 Å². The van der Waals surface area contributed by atoms with Crippen molar-refractivity contribution >= 4 is 74.7 Å². The molecule has 11 nitrogen and oxygen atoms in total. The summed E-state index contributed by atoms with van der Waals surface area (Å²) in [6, 6.07) is 23.9. The van der Waals surface area contributed by atoms with E-state index in [1.807, 2.05) is 111 Å². The topological polar surface area (TPSA) is 141 Å². The van der Waals surface area contributed by atoms with Crippen molar-refractivity contribution < 1.29 is 4.79 Å². The van der Waals surface area contributed by atoms with E-state index >= 15 is 0 Å². The van der Waals surface area contributed by atoms with Gasteiger partial charge in [0.15, 0.2) is 9.92 Å². The van der Waals surface area contributed by atoms with Crippen LogP contribution in [0.3, 0.4) is 0 Å². The Kier molecular flexibility index (Phi) is 9.78. The van der Waals surface area contributed by atoms with E-state index in [9.17, 15) is 4.79 Å². The quantitative estimate of drug-likeness (QED) is 0.167. The summed E-state index contributed by atoms with van der Waals surface area (Å²) in [6.45, 7) is 5.55. The second-order valence-corrected chi connectivity index (χ2v) is 14.3. The van der Waals surface area contributed by atoms with E-state index < -0.39 is 5.41 Å². The Balaban J connectivity index is 0.000000166. The van der Waals surface area contributed by atoms with Crippen LogP contribution in [-0.2, 0) is 4.79 Å². The summed E-state index contributed by atoms with van der Waals surface area (Å²) in [4.78, 5) is 40.3. The summed E-state index contributed by atoms with van der Waals surface area (Å²) in [6.07, 6.45) is 15.1. The highest BCUT2D eigenvalue weighted by Gasteiger charge is 2.22. The van der Waals surface area contributed by atoms with Gasteiger partial charge in [0.1, 0.15) is 0 Å². The molecule has 8 rings (SSSR count). The first-order valence-corrected chi connectivity index (χ1v) is 18.1. The third-order valence-electron chi connectivity index (χ3n) is 7.80. The van der Waals surface area contributed by atoms with Gasteiger partial charge in [0.25, 0.3) is 0 Å².